The molecule has 3 amide bonds. The van der Waals surface area contributed by atoms with Gasteiger partial charge in [-0.1, -0.05) is 24.4 Å². The van der Waals surface area contributed by atoms with Crippen molar-refractivity contribution < 1.29 is 18.8 Å². The Balaban J connectivity index is 1.68. The van der Waals surface area contributed by atoms with Gasteiger partial charge in [-0.25, -0.2) is 4.39 Å². The lowest BCUT2D eigenvalue weighted by Crippen LogP contribution is -2.38. The van der Waals surface area contributed by atoms with E-state index in [1.54, 1.807) is 0 Å². The Morgan fingerprint density at radius 1 is 1.22 bits per heavy atom. The predicted molar refractivity (Wildman–Crippen MR) is 82.2 cm³/mol. The van der Waals surface area contributed by atoms with E-state index in [-0.39, 0.29) is 40.9 Å². The van der Waals surface area contributed by atoms with Gasteiger partial charge in [-0.2, -0.15) is 0 Å². The van der Waals surface area contributed by atoms with E-state index in [4.69, 9.17) is 11.6 Å². The number of anilines is 1. The zero-order valence-electron chi connectivity index (χ0n) is 12.4. The van der Waals surface area contributed by atoms with E-state index in [1.807, 2.05) is 0 Å². The molecule has 1 heterocycles. The molecule has 2 atom stereocenters. The topological polar surface area (TPSA) is 66.5 Å². The Bertz CT molecular complexity index is 655. The van der Waals surface area contributed by atoms with Crippen LogP contribution in [0.25, 0.3) is 0 Å². The van der Waals surface area contributed by atoms with E-state index in [0.717, 1.165) is 23.8 Å². The third-order valence-corrected chi connectivity index (χ3v) is 4.75. The number of nitrogens with zero attached hydrogens (tertiary/aromatic N) is 1. The number of carbonyl (C=O) groups is 3. The highest BCUT2D eigenvalue weighted by Gasteiger charge is 2.48. The van der Waals surface area contributed by atoms with Crippen molar-refractivity contribution in [1.29, 1.82) is 0 Å². The lowest BCUT2D eigenvalue weighted by Gasteiger charge is -2.19. The van der Waals surface area contributed by atoms with Crippen molar-refractivity contribution in [3.8, 4) is 0 Å². The van der Waals surface area contributed by atoms with Gasteiger partial charge in [0.05, 0.1) is 22.5 Å². The number of rotatable bonds is 3. The van der Waals surface area contributed by atoms with E-state index >= 15 is 0 Å². The molecule has 2 aliphatic rings. The minimum Gasteiger partial charge on any atom is -0.323 e. The van der Waals surface area contributed by atoms with Gasteiger partial charge in [0.2, 0.25) is 17.7 Å². The van der Waals surface area contributed by atoms with Crippen molar-refractivity contribution in [2.24, 2.45) is 11.8 Å². The van der Waals surface area contributed by atoms with Crippen LogP contribution >= 0.6 is 11.6 Å². The van der Waals surface area contributed by atoms with Crippen molar-refractivity contribution in [2.75, 3.05) is 11.9 Å². The Morgan fingerprint density at radius 2 is 1.83 bits per heavy atom. The molecule has 122 valence electrons. The molecular weight excluding hydrogens is 323 g/mol. The lowest BCUT2D eigenvalue weighted by atomic mass is 9.81. The Labute approximate surface area is 137 Å². The van der Waals surface area contributed by atoms with Crippen molar-refractivity contribution in [1.82, 2.24) is 4.90 Å². The summed E-state index contributed by atoms with van der Waals surface area (Å²) in [5.41, 5.74) is 0.245. The summed E-state index contributed by atoms with van der Waals surface area (Å²) in [5.74, 6) is -2.13. The number of amides is 3. The fourth-order valence-electron chi connectivity index (χ4n) is 3.31. The van der Waals surface area contributed by atoms with E-state index in [9.17, 15) is 18.8 Å². The normalized spacial score (nSPS) is 23.8. The number of imide groups is 1. The second-order valence-corrected chi connectivity index (χ2v) is 6.34. The minimum atomic E-state index is -0.529. The first kappa shape index (κ1) is 15.9. The Kier molecular flexibility index (Phi) is 4.35. The van der Waals surface area contributed by atoms with Crippen LogP contribution in [0.15, 0.2) is 18.2 Å². The molecule has 1 aromatic rings. The van der Waals surface area contributed by atoms with Gasteiger partial charge < -0.3 is 5.32 Å². The highest BCUT2D eigenvalue weighted by Crippen LogP contribution is 2.37. The van der Waals surface area contributed by atoms with E-state index in [1.165, 1.54) is 12.1 Å². The molecule has 7 heteroatoms. The van der Waals surface area contributed by atoms with Gasteiger partial charge in [-0.05, 0) is 31.0 Å². The highest BCUT2D eigenvalue weighted by molar-refractivity contribution is 6.33. The van der Waals surface area contributed by atoms with Crippen LogP contribution < -0.4 is 5.32 Å². The maximum absolute atomic E-state index is 13.0. The standard InChI is InChI=1S/C16H16ClFN2O3/c17-12-7-9(18)5-6-13(12)19-14(21)8-20-15(22)10-3-1-2-4-11(10)16(20)23/h5-7,10-11H,1-4,8H2,(H,19,21)/t10-,11-/m0/s1. The summed E-state index contributed by atoms with van der Waals surface area (Å²) in [7, 11) is 0. The lowest BCUT2D eigenvalue weighted by molar-refractivity contribution is -0.142. The zero-order chi connectivity index (χ0) is 16.6. The average Bonchev–Trinajstić information content (AvgIpc) is 2.76. The molecule has 0 spiro atoms. The van der Waals surface area contributed by atoms with Gasteiger partial charge in [0.25, 0.3) is 0 Å². The SMILES string of the molecule is O=C(CN1C(=O)[C@H]2CCCC[C@@H]2C1=O)Nc1ccc(F)cc1Cl. The molecule has 0 unspecified atom stereocenters. The van der Waals surface area contributed by atoms with Crippen LogP contribution in [-0.4, -0.2) is 29.2 Å². The van der Waals surface area contributed by atoms with Crippen LogP contribution in [0.5, 0.6) is 0 Å². The Morgan fingerprint density at radius 3 is 2.39 bits per heavy atom. The average molecular weight is 339 g/mol. The number of nitrogens with one attached hydrogen (secondary N) is 1. The Hall–Kier alpha value is -1.95. The van der Waals surface area contributed by atoms with E-state index in [2.05, 4.69) is 5.32 Å². The number of likely N-dealkylation sites (tertiary alicyclic amines) is 1. The molecule has 0 bridgehead atoms. The zero-order valence-corrected chi connectivity index (χ0v) is 13.1. The molecule has 3 rings (SSSR count). The van der Waals surface area contributed by atoms with Crippen LogP contribution in [0.3, 0.4) is 0 Å². The van der Waals surface area contributed by atoms with Crippen molar-refractivity contribution in [2.45, 2.75) is 25.7 Å². The third kappa shape index (κ3) is 3.08. The van der Waals surface area contributed by atoms with E-state index < -0.39 is 11.7 Å². The monoisotopic (exact) mass is 338 g/mol. The van der Waals surface area contributed by atoms with Gasteiger partial charge in [-0.15, -0.1) is 0 Å². The largest absolute Gasteiger partial charge is 0.323 e. The summed E-state index contributed by atoms with van der Waals surface area (Å²) in [6.07, 6.45) is 3.28. The third-order valence-electron chi connectivity index (χ3n) is 4.44. The molecule has 1 saturated heterocycles. The van der Waals surface area contributed by atoms with Crippen molar-refractivity contribution >= 4 is 35.0 Å². The van der Waals surface area contributed by atoms with Crippen molar-refractivity contribution in [3.05, 3.63) is 29.0 Å². The predicted octanol–water partition coefficient (Wildman–Crippen LogP) is 2.59. The van der Waals surface area contributed by atoms with Crippen LogP contribution in [0.2, 0.25) is 5.02 Å². The van der Waals surface area contributed by atoms with Gasteiger partial charge >= 0.3 is 0 Å². The fraction of sp³-hybridized carbons (Fsp3) is 0.438. The van der Waals surface area contributed by atoms with Gasteiger partial charge in [0.1, 0.15) is 12.4 Å². The molecule has 5 nitrogen and oxygen atoms in total. The van der Waals surface area contributed by atoms with E-state index in [0.29, 0.717) is 12.8 Å². The first-order valence-electron chi connectivity index (χ1n) is 7.57. The van der Waals surface area contributed by atoms with Gasteiger partial charge in [0.15, 0.2) is 0 Å². The van der Waals surface area contributed by atoms with Crippen LogP contribution in [0.4, 0.5) is 10.1 Å². The summed E-state index contributed by atoms with van der Waals surface area (Å²) in [6.45, 7) is -0.335. The molecule has 0 radical (unpaired) electrons. The van der Waals surface area contributed by atoms with Gasteiger partial charge in [-0.3, -0.25) is 19.3 Å². The molecule has 1 aliphatic carbocycles. The van der Waals surface area contributed by atoms with Gasteiger partial charge in [0, 0.05) is 0 Å². The van der Waals surface area contributed by atoms with Crippen molar-refractivity contribution in [3.63, 3.8) is 0 Å². The molecule has 2 fully saturated rings. The number of halogens is 2. The summed E-state index contributed by atoms with van der Waals surface area (Å²) in [5, 5.41) is 2.56. The molecule has 1 N–H and O–H groups in total. The smallest absolute Gasteiger partial charge is 0.244 e. The first-order chi connectivity index (χ1) is 11.0. The molecule has 23 heavy (non-hydrogen) atoms. The molecule has 1 aromatic carbocycles. The molecule has 1 aliphatic heterocycles. The fourth-order valence-corrected chi connectivity index (χ4v) is 3.53. The summed E-state index contributed by atoms with van der Waals surface area (Å²) in [4.78, 5) is 37.7. The number of fused-ring (bicyclic) bond motifs is 1. The second-order valence-electron chi connectivity index (χ2n) is 5.93. The maximum Gasteiger partial charge on any atom is 0.244 e. The highest BCUT2D eigenvalue weighted by atomic mass is 35.5. The second kappa shape index (κ2) is 6.28. The number of hydrogen-bond acceptors (Lipinski definition) is 3. The first-order valence-corrected chi connectivity index (χ1v) is 7.95. The van der Waals surface area contributed by atoms with Crippen LogP contribution in [0.1, 0.15) is 25.7 Å². The van der Waals surface area contributed by atoms with Crippen LogP contribution in [-0.2, 0) is 14.4 Å². The minimum absolute atomic E-state index is 0.0612. The molecule has 0 aromatic heterocycles. The summed E-state index contributed by atoms with van der Waals surface area (Å²) >= 11 is 5.84. The molecule has 1 saturated carbocycles. The molecular formula is C16H16ClFN2O3. The maximum atomic E-state index is 13.0. The quantitative estimate of drug-likeness (QED) is 0.861. The summed E-state index contributed by atoms with van der Waals surface area (Å²) in [6, 6.07) is 3.59. The number of carbonyl (C=O) groups excluding carboxylic acids is 3. The number of benzene rings is 1. The van der Waals surface area contributed by atoms with Crippen LogP contribution in [0, 0.1) is 17.7 Å². The summed E-state index contributed by atoms with van der Waals surface area (Å²) < 4.78 is 13.0. The number of hydrogen-bond donors (Lipinski definition) is 1.